The van der Waals surface area contributed by atoms with Crippen molar-refractivity contribution < 1.29 is 23.6 Å². The van der Waals surface area contributed by atoms with Crippen LogP contribution in [0.25, 0.3) is 5.76 Å². The monoisotopic (exact) mass is 580 g/mol. The number of aromatic nitrogens is 1. The van der Waals surface area contributed by atoms with Crippen LogP contribution in [0.2, 0.25) is 33.2 Å². The SMILES string of the molecule is CC(C)[Si](O[C@H]1[C@H](O[Si](C(C)C)(C(C)C)C(C)C)C=C(c2ccncc2[N+](=O)[O-])O[C@@H]1CO)(C(C)C)C(C)C. The first-order valence-electron chi connectivity index (χ1n) is 14.5. The Hall–Kier alpha value is -1.60. The molecular formula is C29H52N2O6Si2. The van der Waals surface area contributed by atoms with Gasteiger partial charge in [-0.1, -0.05) is 83.1 Å². The van der Waals surface area contributed by atoms with Crippen LogP contribution in [0.5, 0.6) is 0 Å². The van der Waals surface area contributed by atoms with Crippen LogP contribution in [0, 0.1) is 10.1 Å². The van der Waals surface area contributed by atoms with Gasteiger partial charge in [-0.2, -0.15) is 0 Å². The van der Waals surface area contributed by atoms with Crippen LogP contribution in [0.1, 0.15) is 88.6 Å². The van der Waals surface area contributed by atoms with Crippen molar-refractivity contribution in [2.75, 3.05) is 6.61 Å². The molecule has 3 atom stereocenters. The van der Waals surface area contributed by atoms with Gasteiger partial charge in [-0.3, -0.25) is 15.1 Å². The Kier molecular flexibility index (Phi) is 11.5. The second kappa shape index (κ2) is 13.4. The number of ether oxygens (including phenoxy) is 1. The van der Waals surface area contributed by atoms with Crippen LogP contribution in [0.4, 0.5) is 5.69 Å². The smallest absolute Gasteiger partial charge is 0.298 e. The highest BCUT2D eigenvalue weighted by molar-refractivity contribution is 6.78. The minimum Gasteiger partial charge on any atom is -0.485 e. The number of hydrogen-bond acceptors (Lipinski definition) is 7. The lowest BCUT2D eigenvalue weighted by molar-refractivity contribution is -0.385. The first kappa shape index (κ1) is 33.6. The quantitative estimate of drug-likeness (QED) is 0.144. The van der Waals surface area contributed by atoms with Crippen molar-refractivity contribution in [2.45, 2.75) is 135 Å². The highest BCUT2D eigenvalue weighted by atomic mass is 28.4. The van der Waals surface area contributed by atoms with Crippen molar-refractivity contribution in [2.24, 2.45) is 0 Å². The average molecular weight is 581 g/mol. The minimum atomic E-state index is -2.41. The molecule has 0 fully saturated rings. The fraction of sp³-hybridized carbons (Fsp3) is 0.759. The Morgan fingerprint density at radius 1 is 0.897 bits per heavy atom. The highest BCUT2D eigenvalue weighted by Gasteiger charge is 2.54. The largest absolute Gasteiger partial charge is 0.485 e. The first-order valence-corrected chi connectivity index (χ1v) is 18.8. The Labute approximate surface area is 238 Å². The normalized spacial score (nSPS) is 20.9. The summed E-state index contributed by atoms with van der Waals surface area (Å²) in [6, 6.07) is 1.59. The summed E-state index contributed by atoms with van der Waals surface area (Å²) >= 11 is 0. The van der Waals surface area contributed by atoms with Crippen LogP contribution in [-0.2, 0) is 13.6 Å². The molecule has 0 aliphatic carbocycles. The van der Waals surface area contributed by atoms with E-state index in [4.69, 9.17) is 13.6 Å². The van der Waals surface area contributed by atoms with Gasteiger partial charge >= 0.3 is 0 Å². The molecule has 0 amide bonds. The second-order valence-electron chi connectivity index (χ2n) is 12.8. The maximum atomic E-state index is 11.9. The summed E-state index contributed by atoms with van der Waals surface area (Å²) in [5, 5.41) is 22.5. The molecule has 0 spiro atoms. The Bertz CT molecular complexity index is 952. The van der Waals surface area contributed by atoms with Crippen molar-refractivity contribution in [3.05, 3.63) is 40.2 Å². The lowest BCUT2D eigenvalue weighted by Gasteiger charge is -2.51. The summed E-state index contributed by atoms with van der Waals surface area (Å²) in [6.45, 7) is 26.5. The summed E-state index contributed by atoms with van der Waals surface area (Å²) in [7, 11) is -4.82. The standard InChI is InChI=1S/C29H52N2O6Si2/c1-18(2)38(19(3)4,20(5)6)36-27-15-26(24-13-14-30-16-25(24)31(33)34)35-28(17-32)29(27)37-39(21(7)8,22(9)10)23(11)12/h13-16,18-23,27-29,32H,17H2,1-12H3/t27-,28-,29+/m1/s1. The molecule has 2 heterocycles. The van der Waals surface area contributed by atoms with Crippen LogP contribution in [0.15, 0.2) is 24.5 Å². The number of rotatable bonds is 13. The lowest BCUT2D eigenvalue weighted by atomic mass is 10.0. The van der Waals surface area contributed by atoms with Crippen molar-refractivity contribution in [3.8, 4) is 0 Å². The predicted molar refractivity (Wildman–Crippen MR) is 163 cm³/mol. The fourth-order valence-electron chi connectivity index (χ4n) is 7.29. The van der Waals surface area contributed by atoms with E-state index < -0.39 is 39.9 Å². The molecule has 39 heavy (non-hydrogen) atoms. The van der Waals surface area contributed by atoms with Gasteiger partial charge < -0.3 is 18.7 Å². The van der Waals surface area contributed by atoms with Crippen molar-refractivity contribution in [1.29, 1.82) is 0 Å². The average Bonchev–Trinajstić information content (AvgIpc) is 2.84. The molecule has 1 aromatic heterocycles. The van der Waals surface area contributed by atoms with Gasteiger partial charge in [0, 0.05) is 6.20 Å². The zero-order valence-corrected chi connectivity index (χ0v) is 28.1. The lowest BCUT2D eigenvalue weighted by Crippen LogP contribution is -2.60. The molecule has 1 N–H and O–H groups in total. The van der Waals surface area contributed by atoms with E-state index in [-0.39, 0.29) is 12.3 Å². The highest BCUT2D eigenvalue weighted by Crippen LogP contribution is 2.48. The molecule has 8 nitrogen and oxygen atoms in total. The third-order valence-electron chi connectivity index (χ3n) is 8.82. The van der Waals surface area contributed by atoms with Gasteiger partial charge in [0.2, 0.25) is 16.6 Å². The topological polar surface area (TPSA) is 104 Å². The predicted octanol–water partition coefficient (Wildman–Crippen LogP) is 7.84. The van der Waals surface area contributed by atoms with Crippen LogP contribution < -0.4 is 0 Å². The molecular weight excluding hydrogens is 528 g/mol. The van der Waals surface area contributed by atoms with E-state index in [2.05, 4.69) is 88.1 Å². The van der Waals surface area contributed by atoms with Crippen molar-refractivity contribution >= 4 is 28.1 Å². The van der Waals surface area contributed by atoms with Gasteiger partial charge in [0.1, 0.15) is 24.2 Å². The molecule has 1 aliphatic heterocycles. The minimum absolute atomic E-state index is 0.145. The van der Waals surface area contributed by atoms with E-state index in [0.717, 1.165) is 0 Å². The first-order chi connectivity index (χ1) is 18.1. The summed E-state index contributed by atoms with van der Waals surface area (Å²) < 4.78 is 21.0. The van der Waals surface area contributed by atoms with Crippen LogP contribution in [0.3, 0.4) is 0 Å². The van der Waals surface area contributed by atoms with Gasteiger partial charge in [0.25, 0.3) is 5.69 Å². The van der Waals surface area contributed by atoms with Crippen LogP contribution >= 0.6 is 0 Å². The van der Waals surface area contributed by atoms with E-state index in [1.54, 1.807) is 6.07 Å². The number of hydrogen-bond donors (Lipinski definition) is 1. The van der Waals surface area contributed by atoms with E-state index in [0.29, 0.717) is 44.6 Å². The van der Waals surface area contributed by atoms with E-state index >= 15 is 0 Å². The van der Waals surface area contributed by atoms with Crippen molar-refractivity contribution in [1.82, 2.24) is 4.98 Å². The molecule has 0 radical (unpaired) electrons. The Morgan fingerprint density at radius 3 is 1.77 bits per heavy atom. The molecule has 1 aromatic rings. The van der Waals surface area contributed by atoms with Crippen LogP contribution in [-0.4, -0.2) is 56.6 Å². The number of nitrogens with zero attached hydrogens (tertiary/aromatic N) is 2. The second-order valence-corrected chi connectivity index (χ2v) is 23.6. The molecule has 1 aliphatic rings. The van der Waals surface area contributed by atoms with Gasteiger partial charge in [-0.25, -0.2) is 0 Å². The maximum absolute atomic E-state index is 11.9. The number of aliphatic hydroxyl groups excluding tert-OH is 1. The molecule has 0 bridgehead atoms. The summed E-state index contributed by atoms with van der Waals surface area (Å²) in [5.41, 5.74) is 2.12. The number of nitro groups is 1. The molecule has 0 saturated heterocycles. The summed E-state index contributed by atoms with van der Waals surface area (Å²) in [6.07, 6.45) is 2.82. The molecule has 222 valence electrons. The summed E-state index contributed by atoms with van der Waals surface area (Å²) in [4.78, 5) is 15.4. The summed E-state index contributed by atoms with van der Waals surface area (Å²) in [5.74, 6) is 0.332. The van der Waals surface area contributed by atoms with Gasteiger partial charge in [0.05, 0.1) is 23.2 Å². The Balaban J connectivity index is 2.82. The zero-order valence-electron chi connectivity index (χ0n) is 26.1. The van der Waals surface area contributed by atoms with Crippen molar-refractivity contribution in [3.63, 3.8) is 0 Å². The zero-order chi connectivity index (χ0) is 29.9. The van der Waals surface area contributed by atoms with Gasteiger partial charge in [-0.15, -0.1) is 0 Å². The van der Waals surface area contributed by atoms with E-state index in [1.165, 1.54) is 12.4 Å². The van der Waals surface area contributed by atoms with E-state index in [9.17, 15) is 15.2 Å². The van der Waals surface area contributed by atoms with Gasteiger partial charge in [0.15, 0.2) is 0 Å². The molecule has 0 saturated carbocycles. The third-order valence-corrected chi connectivity index (χ3v) is 21.0. The third kappa shape index (κ3) is 6.50. The molecule has 2 rings (SSSR count). The molecule has 10 heteroatoms. The molecule has 0 aromatic carbocycles. The fourth-order valence-corrected chi connectivity index (χ4v) is 18.4. The Morgan fingerprint density at radius 2 is 1.36 bits per heavy atom. The maximum Gasteiger partial charge on any atom is 0.298 e. The number of pyridine rings is 1. The van der Waals surface area contributed by atoms with E-state index in [1.807, 2.05) is 6.08 Å². The number of aliphatic hydroxyl groups is 1. The molecule has 0 unspecified atom stereocenters. The van der Waals surface area contributed by atoms with Gasteiger partial charge in [-0.05, 0) is 45.4 Å².